The van der Waals surface area contributed by atoms with Gasteiger partial charge in [-0.25, -0.2) is 4.99 Å². The van der Waals surface area contributed by atoms with Crippen molar-refractivity contribution in [2.24, 2.45) is 9.98 Å². The van der Waals surface area contributed by atoms with Gasteiger partial charge in [0.05, 0.1) is 17.3 Å². The smallest absolute Gasteiger partial charge is 0.353 e. The molecule has 3 aliphatic rings. The molecule has 0 N–H and O–H groups in total. The fourth-order valence-corrected chi connectivity index (χ4v) is 4.26. The molecule has 1 aromatic rings. The molecule has 4 rings (SSSR count). The molecular weight excluding hydrogens is 391 g/mol. The maximum atomic E-state index is 12.7. The molecule has 150 valence electrons. The zero-order chi connectivity index (χ0) is 19.9. The zero-order valence-electron chi connectivity index (χ0n) is 15.3. The number of nitrogens with zero attached hydrogens (tertiary/aromatic N) is 5. The molecule has 0 spiro atoms. The summed E-state index contributed by atoms with van der Waals surface area (Å²) in [5, 5.41) is 0. The summed E-state index contributed by atoms with van der Waals surface area (Å²) in [4.78, 5) is 26.8. The number of amides is 1. The molecule has 1 amide bonds. The van der Waals surface area contributed by atoms with Crippen LogP contribution in [0.25, 0.3) is 0 Å². The van der Waals surface area contributed by atoms with Crippen LogP contribution in [0.2, 0.25) is 0 Å². The second kappa shape index (κ2) is 7.23. The van der Waals surface area contributed by atoms with E-state index in [2.05, 4.69) is 21.8 Å². The number of alkyl halides is 3. The molecule has 0 saturated carbocycles. The lowest BCUT2D eigenvalue weighted by atomic mass is 10.2. The third kappa shape index (κ3) is 3.65. The predicted molar refractivity (Wildman–Crippen MR) is 102 cm³/mol. The van der Waals surface area contributed by atoms with Crippen LogP contribution in [-0.4, -0.2) is 71.5 Å². The van der Waals surface area contributed by atoms with Gasteiger partial charge in [0.25, 0.3) is 5.91 Å². The molecule has 0 aromatic carbocycles. The summed E-state index contributed by atoms with van der Waals surface area (Å²) in [6.45, 7) is 5.00. The van der Waals surface area contributed by atoms with E-state index in [-0.39, 0.29) is 10.8 Å². The third-order valence-electron chi connectivity index (χ3n) is 5.06. The van der Waals surface area contributed by atoms with E-state index in [9.17, 15) is 18.0 Å². The topological polar surface area (TPSA) is 51.5 Å². The first-order chi connectivity index (χ1) is 13.3. The highest BCUT2D eigenvalue weighted by atomic mass is 32.1. The minimum absolute atomic E-state index is 0.122. The van der Waals surface area contributed by atoms with Gasteiger partial charge in [0, 0.05) is 38.8 Å². The van der Waals surface area contributed by atoms with E-state index in [1.807, 2.05) is 11.0 Å². The van der Waals surface area contributed by atoms with Gasteiger partial charge < -0.3 is 14.7 Å². The van der Waals surface area contributed by atoms with Gasteiger partial charge in [0.2, 0.25) is 0 Å². The number of aliphatic imine (C=N–C) groups is 2. The minimum atomic E-state index is -4.42. The molecule has 3 aliphatic heterocycles. The monoisotopic (exact) mass is 411 g/mol. The van der Waals surface area contributed by atoms with Crippen LogP contribution in [-0.2, 0) is 6.18 Å². The first kappa shape index (κ1) is 19.0. The van der Waals surface area contributed by atoms with Crippen LogP contribution < -0.4 is 0 Å². The average Bonchev–Trinajstić information content (AvgIpc) is 3.33. The molecule has 1 aromatic heterocycles. The number of halogens is 3. The number of hydrogen-bond donors (Lipinski definition) is 0. The molecule has 0 bridgehead atoms. The van der Waals surface area contributed by atoms with E-state index >= 15 is 0 Å². The zero-order valence-corrected chi connectivity index (χ0v) is 16.1. The van der Waals surface area contributed by atoms with E-state index in [1.54, 1.807) is 11.2 Å². The summed E-state index contributed by atoms with van der Waals surface area (Å²) in [5.41, 5.74) is 0. The molecular formula is C18H20F3N5OS. The second-order valence-electron chi connectivity index (χ2n) is 6.89. The minimum Gasteiger partial charge on any atom is -0.353 e. The maximum Gasteiger partial charge on any atom is 0.425 e. The molecule has 1 atom stereocenters. The van der Waals surface area contributed by atoms with Crippen molar-refractivity contribution in [1.82, 2.24) is 14.7 Å². The molecule has 28 heavy (non-hydrogen) atoms. The van der Waals surface area contributed by atoms with E-state index in [0.29, 0.717) is 43.6 Å². The van der Waals surface area contributed by atoms with Gasteiger partial charge >= 0.3 is 6.18 Å². The van der Waals surface area contributed by atoms with Crippen LogP contribution in [0.3, 0.4) is 0 Å². The number of fused-ring (bicyclic) bond motifs is 1. The van der Waals surface area contributed by atoms with E-state index < -0.39 is 11.1 Å². The fourth-order valence-electron chi connectivity index (χ4n) is 3.42. The van der Waals surface area contributed by atoms with Gasteiger partial charge in [-0.3, -0.25) is 9.79 Å². The number of rotatable bonds is 3. The molecule has 4 heterocycles. The number of amidine groups is 1. The molecule has 0 aliphatic carbocycles. The van der Waals surface area contributed by atoms with Gasteiger partial charge in [-0.05, 0) is 18.6 Å². The second-order valence-corrected chi connectivity index (χ2v) is 7.97. The summed E-state index contributed by atoms with van der Waals surface area (Å²) in [6.07, 6.45) is 0.325. The Kier molecular flexibility index (Phi) is 4.90. The summed E-state index contributed by atoms with van der Waals surface area (Å²) in [6, 6.07) is 2.51. The van der Waals surface area contributed by atoms with E-state index in [4.69, 9.17) is 0 Å². The highest BCUT2D eigenvalue weighted by Crippen LogP contribution is 2.35. The standard InChI is InChI=1S/C18H20F3N5OS/c1-2-12-10-26-11-22-15(9-16(26)23-12)24-5-7-25(8-6-24)17(27)13-3-4-14(28-13)18(19,20)21/h3-4,9,11-12H,2,5-8,10H2,1H3. The number of hydrogen-bond acceptors (Lipinski definition) is 6. The Bertz CT molecular complexity index is 852. The van der Waals surface area contributed by atoms with Crippen molar-refractivity contribution < 1.29 is 18.0 Å². The Morgan fingerprint density at radius 3 is 2.64 bits per heavy atom. The summed E-state index contributed by atoms with van der Waals surface area (Å²) < 4.78 is 38.2. The van der Waals surface area contributed by atoms with Crippen molar-refractivity contribution in [3.05, 3.63) is 33.8 Å². The predicted octanol–water partition coefficient (Wildman–Crippen LogP) is 2.90. The van der Waals surface area contributed by atoms with Crippen LogP contribution in [0.15, 0.2) is 34.0 Å². The summed E-state index contributed by atoms with van der Waals surface area (Å²) in [5.74, 6) is 1.38. The number of carbonyl (C=O) groups excluding carboxylic acids is 1. The number of thiophene rings is 1. The van der Waals surface area contributed by atoms with Crippen LogP contribution in [0.5, 0.6) is 0 Å². The Labute approximate surface area is 164 Å². The van der Waals surface area contributed by atoms with Gasteiger partial charge in [0.1, 0.15) is 16.5 Å². The Balaban J connectivity index is 1.38. The van der Waals surface area contributed by atoms with Crippen molar-refractivity contribution in [2.45, 2.75) is 25.6 Å². The summed E-state index contributed by atoms with van der Waals surface area (Å²) in [7, 11) is 0. The fraction of sp³-hybridized carbons (Fsp3) is 0.500. The summed E-state index contributed by atoms with van der Waals surface area (Å²) >= 11 is 0.497. The Morgan fingerprint density at radius 1 is 1.25 bits per heavy atom. The number of piperazine rings is 1. The molecule has 6 nitrogen and oxygen atoms in total. The van der Waals surface area contributed by atoms with Crippen molar-refractivity contribution in [3.63, 3.8) is 0 Å². The molecule has 1 unspecified atom stereocenters. The molecule has 1 saturated heterocycles. The van der Waals surface area contributed by atoms with Gasteiger partial charge in [-0.2, -0.15) is 13.2 Å². The largest absolute Gasteiger partial charge is 0.425 e. The van der Waals surface area contributed by atoms with Crippen molar-refractivity contribution in [1.29, 1.82) is 0 Å². The SMILES string of the molecule is CCC1CN2C=NC(N3CCN(C(=O)c4ccc(C(F)(F)F)s4)CC3)=CC2=N1. The average molecular weight is 411 g/mol. The van der Waals surface area contributed by atoms with Crippen molar-refractivity contribution in [2.75, 3.05) is 32.7 Å². The quantitative estimate of drug-likeness (QED) is 0.769. The van der Waals surface area contributed by atoms with Crippen molar-refractivity contribution >= 4 is 29.4 Å². The van der Waals surface area contributed by atoms with E-state index in [1.165, 1.54) is 6.07 Å². The lowest BCUT2D eigenvalue weighted by Crippen LogP contribution is -2.48. The molecule has 0 radical (unpaired) electrons. The maximum absolute atomic E-state index is 12.7. The van der Waals surface area contributed by atoms with Gasteiger partial charge in [-0.15, -0.1) is 11.3 Å². The van der Waals surface area contributed by atoms with Gasteiger partial charge in [0.15, 0.2) is 0 Å². The normalized spacial score (nSPS) is 22.3. The van der Waals surface area contributed by atoms with Gasteiger partial charge in [-0.1, -0.05) is 6.92 Å². The first-order valence-electron chi connectivity index (χ1n) is 9.16. The van der Waals surface area contributed by atoms with Crippen LogP contribution in [0.4, 0.5) is 13.2 Å². The van der Waals surface area contributed by atoms with Crippen LogP contribution in [0.1, 0.15) is 27.9 Å². The first-order valence-corrected chi connectivity index (χ1v) is 9.98. The number of carbonyl (C=O) groups is 1. The van der Waals surface area contributed by atoms with E-state index in [0.717, 1.165) is 30.7 Å². The van der Waals surface area contributed by atoms with Crippen LogP contribution in [0, 0.1) is 0 Å². The lowest BCUT2D eigenvalue weighted by molar-refractivity contribution is -0.134. The van der Waals surface area contributed by atoms with Crippen LogP contribution >= 0.6 is 11.3 Å². The molecule has 10 heteroatoms. The molecule has 1 fully saturated rings. The lowest BCUT2D eigenvalue weighted by Gasteiger charge is -2.36. The van der Waals surface area contributed by atoms with Crippen molar-refractivity contribution in [3.8, 4) is 0 Å². The Morgan fingerprint density at radius 2 is 2.00 bits per heavy atom. The third-order valence-corrected chi connectivity index (χ3v) is 6.18. The highest BCUT2D eigenvalue weighted by molar-refractivity contribution is 7.14. The Hall–Kier alpha value is -2.36. The highest BCUT2D eigenvalue weighted by Gasteiger charge is 2.34.